The lowest BCUT2D eigenvalue weighted by atomic mass is 9.85. The van der Waals surface area contributed by atoms with E-state index < -0.39 is 0 Å². The molecular weight excluding hydrogens is 160 g/mol. The Morgan fingerprint density at radius 2 is 2.23 bits per heavy atom. The maximum absolute atomic E-state index is 3.61. The van der Waals surface area contributed by atoms with E-state index in [-0.39, 0.29) is 0 Å². The zero-order chi connectivity index (χ0) is 9.68. The lowest BCUT2D eigenvalue weighted by Crippen LogP contribution is -2.46. The minimum absolute atomic E-state index is 0.706. The smallest absolute Gasteiger partial charge is 0.0130 e. The highest BCUT2D eigenvalue weighted by atomic mass is 15.0. The molecule has 0 spiro atoms. The van der Waals surface area contributed by atoms with Gasteiger partial charge in [0.25, 0.3) is 0 Å². The molecule has 0 saturated carbocycles. The van der Waals surface area contributed by atoms with Crippen LogP contribution < -0.4 is 10.6 Å². The van der Waals surface area contributed by atoms with Crippen LogP contribution in [-0.4, -0.2) is 25.7 Å². The van der Waals surface area contributed by atoms with Crippen LogP contribution in [0.4, 0.5) is 0 Å². The van der Waals surface area contributed by atoms with Crippen LogP contribution in [0.2, 0.25) is 0 Å². The lowest BCUT2D eigenvalue weighted by Gasteiger charge is -2.33. The number of hydrogen-bond donors (Lipinski definition) is 2. The van der Waals surface area contributed by atoms with Crippen LogP contribution >= 0.6 is 0 Å². The molecule has 0 aromatic rings. The average Bonchev–Trinajstić information content (AvgIpc) is 2.15. The fourth-order valence-electron chi connectivity index (χ4n) is 2.37. The van der Waals surface area contributed by atoms with Crippen molar-refractivity contribution in [3.63, 3.8) is 0 Å². The monoisotopic (exact) mass is 184 g/mol. The van der Waals surface area contributed by atoms with Crippen molar-refractivity contribution in [1.29, 1.82) is 0 Å². The van der Waals surface area contributed by atoms with Crippen molar-refractivity contribution in [1.82, 2.24) is 10.6 Å². The van der Waals surface area contributed by atoms with Gasteiger partial charge < -0.3 is 10.6 Å². The van der Waals surface area contributed by atoms with Crippen LogP contribution in [0, 0.1) is 11.8 Å². The highest BCUT2D eigenvalue weighted by Gasteiger charge is 2.24. The third-order valence-electron chi connectivity index (χ3n) is 3.00. The van der Waals surface area contributed by atoms with Gasteiger partial charge in [0.2, 0.25) is 0 Å². The zero-order valence-corrected chi connectivity index (χ0v) is 9.27. The van der Waals surface area contributed by atoms with Crippen molar-refractivity contribution in [2.45, 2.75) is 39.7 Å². The summed E-state index contributed by atoms with van der Waals surface area (Å²) in [6.07, 6.45) is 2.74. The molecular formula is C11H24N2. The predicted molar refractivity (Wildman–Crippen MR) is 57.9 cm³/mol. The second-order valence-electron chi connectivity index (χ2n) is 4.43. The van der Waals surface area contributed by atoms with E-state index in [1.807, 2.05) is 0 Å². The Morgan fingerprint density at radius 3 is 2.69 bits per heavy atom. The summed E-state index contributed by atoms with van der Waals surface area (Å²) in [4.78, 5) is 0. The molecule has 0 amide bonds. The minimum Gasteiger partial charge on any atom is -0.316 e. The topological polar surface area (TPSA) is 24.1 Å². The van der Waals surface area contributed by atoms with Crippen LogP contribution in [0.15, 0.2) is 0 Å². The lowest BCUT2D eigenvalue weighted by molar-refractivity contribution is 0.238. The van der Waals surface area contributed by atoms with Crippen molar-refractivity contribution in [3.8, 4) is 0 Å². The number of hydrogen-bond acceptors (Lipinski definition) is 2. The zero-order valence-electron chi connectivity index (χ0n) is 9.27. The second kappa shape index (κ2) is 5.61. The summed E-state index contributed by atoms with van der Waals surface area (Å²) >= 11 is 0. The Bertz CT molecular complexity index is 128. The van der Waals surface area contributed by atoms with Crippen LogP contribution in [-0.2, 0) is 0 Å². The molecule has 1 heterocycles. The first-order valence-electron chi connectivity index (χ1n) is 5.69. The second-order valence-corrected chi connectivity index (χ2v) is 4.43. The Morgan fingerprint density at radius 1 is 1.46 bits per heavy atom. The Balaban J connectivity index is 2.41. The molecule has 1 rings (SSSR count). The number of rotatable bonds is 4. The Hall–Kier alpha value is -0.0800. The fourth-order valence-corrected chi connectivity index (χ4v) is 2.37. The summed E-state index contributed by atoms with van der Waals surface area (Å²) < 4.78 is 0. The quantitative estimate of drug-likeness (QED) is 0.694. The van der Waals surface area contributed by atoms with Gasteiger partial charge in [-0.2, -0.15) is 0 Å². The summed E-state index contributed by atoms with van der Waals surface area (Å²) in [5, 5.41) is 7.10. The minimum atomic E-state index is 0.706. The van der Waals surface area contributed by atoms with Crippen molar-refractivity contribution >= 4 is 0 Å². The molecule has 2 unspecified atom stereocenters. The molecule has 2 N–H and O–H groups in total. The van der Waals surface area contributed by atoms with Crippen molar-refractivity contribution in [2.75, 3.05) is 19.6 Å². The molecule has 2 atom stereocenters. The van der Waals surface area contributed by atoms with Gasteiger partial charge in [-0.3, -0.25) is 0 Å². The van der Waals surface area contributed by atoms with E-state index in [9.17, 15) is 0 Å². The summed E-state index contributed by atoms with van der Waals surface area (Å²) in [5.41, 5.74) is 0. The average molecular weight is 184 g/mol. The van der Waals surface area contributed by atoms with Gasteiger partial charge in [-0.05, 0) is 44.3 Å². The van der Waals surface area contributed by atoms with Crippen molar-refractivity contribution < 1.29 is 0 Å². The molecule has 0 aliphatic carbocycles. The van der Waals surface area contributed by atoms with Gasteiger partial charge >= 0.3 is 0 Å². The summed E-state index contributed by atoms with van der Waals surface area (Å²) in [6, 6.07) is 0.706. The van der Waals surface area contributed by atoms with E-state index in [4.69, 9.17) is 0 Å². The maximum atomic E-state index is 3.61. The Kier molecular flexibility index (Phi) is 4.74. The molecule has 78 valence electrons. The van der Waals surface area contributed by atoms with E-state index >= 15 is 0 Å². The Labute approximate surface area is 82.5 Å². The van der Waals surface area contributed by atoms with Gasteiger partial charge in [-0.25, -0.2) is 0 Å². The SMILES string of the molecule is CCNC(C(C)C)C1CCCNC1. The first-order chi connectivity index (χ1) is 6.25. The maximum Gasteiger partial charge on any atom is 0.0130 e. The molecule has 1 fully saturated rings. The first kappa shape index (κ1) is 11.0. The summed E-state index contributed by atoms with van der Waals surface area (Å²) in [7, 11) is 0. The molecule has 1 saturated heterocycles. The molecule has 1 aliphatic rings. The van der Waals surface area contributed by atoms with Gasteiger partial charge in [0, 0.05) is 6.04 Å². The molecule has 0 aromatic heterocycles. The van der Waals surface area contributed by atoms with E-state index in [1.54, 1.807) is 0 Å². The standard InChI is InChI=1S/C11H24N2/c1-4-13-11(9(2)3)10-6-5-7-12-8-10/h9-13H,4-8H2,1-3H3. The van der Waals surface area contributed by atoms with Gasteiger partial charge in [0.15, 0.2) is 0 Å². The molecule has 2 nitrogen and oxygen atoms in total. The molecule has 13 heavy (non-hydrogen) atoms. The highest BCUT2D eigenvalue weighted by molar-refractivity contribution is 4.82. The number of piperidine rings is 1. The summed E-state index contributed by atoms with van der Waals surface area (Å²) in [6.45, 7) is 10.4. The van der Waals surface area contributed by atoms with Gasteiger partial charge in [-0.15, -0.1) is 0 Å². The third-order valence-corrected chi connectivity index (χ3v) is 3.00. The van der Waals surface area contributed by atoms with Crippen molar-refractivity contribution in [3.05, 3.63) is 0 Å². The molecule has 2 heteroatoms. The highest BCUT2D eigenvalue weighted by Crippen LogP contribution is 2.19. The van der Waals surface area contributed by atoms with Gasteiger partial charge in [-0.1, -0.05) is 20.8 Å². The normalized spacial score (nSPS) is 26.3. The molecule has 0 bridgehead atoms. The fraction of sp³-hybridized carbons (Fsp3) is 1.00. The van der Waals surface area contributed by atoms with Gasteiger partial charge in [0.05, 0.1) is 0 Å². The van der Waals surface area contributed by atoms with Crippen LogP contribution in [0.5, 0.6) is 0 Å². The predicted octanol–water partition coefficient (Wildman–Crippen LogP) is 1.62. The van der Waals surface area contributed by atoms with Crippen LogP contribution in [0.3, 0.4) is 0 Å². The number of nitrogens with one attached hydrogen (secondary N) is 2. The molecule has 1 aliphatic heterocycles. The van der Waals surface area contributed by atoms with Gasteiger partial charge in [0.1, 0.15) is 0 Å². The molecule has 0 radical (unpaired) electrons. The van der Waals surface area contributed by atoms with E-state index in [0.717, 1.165) is 18.4 Å². The van der Waals surface area contributed by atoms with Crippen molar-refractivity contribution in [2.24, 2.45) is 11.8 Å². The van der Waals surface area contributed by atoms with E-state index in [1.165, 1.54) is 25.9 Å². The van der Waals surface area contributed by atoms with Crippen LogP contribution in [0.25, 0.3) is 0 Å². The summed E-state index contributed by atoms with van der Waals surface area (Å²) in [5.74, 6) is 1.60. The van der Waals surface area contributed by atoms with Crippen LogP contribution in [0.1, 0.15) is 33.6 Å². The molecule has 0 aromatic carbocycles. The third kappa shape index (κ3) is 3.28. The van der Waals surface area contributed by atoms with E-state index in [2.05, 4.69) is 31.4 Å². The first-order valence-corrected chi connectivity index (χ1v) is 5.69. The largest absolute Gasteiger partial charge is 0.316 e. The van der Waals surface area contributed by atoms with E-state index in [0.29, 0.717) is 6.04 Å².